The number of rotatable bonds is 3. The second-order valence-corrected chi connectivity index (χ2v) is 6.62. The van der Waals surface area contributed by atoms with Gasteiger partial charge >= 0.3 is 0 Å². The lowest BCUT2D eigenvalue weighted by atomic mass is 10.1. The lowest BCUT2D eigenvalue weighted by Crippen LogP contribution is -2.50. The summed E-state index contributed by atoms with van der Waals surface area (Å²) in [4.78, 5) is 4.40. The first kappa shape index (κ1) is 18.0. The van der Waals surface area contributed by atoms with E-state index in [0.717, 1.165) is 48.9 Å². The number of thiocarbonyl (C=S) groups is 1. The normalized spacial score (nSPS) is 13.9. The second kappa shape index (κ2) is 8.07. The minimum atomic E-state index is 0.696. The Morgan fingerprint density at radius 1 is 1.15 bits per heavy atom. The molecule has 1 aliphatic rings. The summed E-state index contributed by atoms with van der Waals surface area (Å²) in [7, 11) is 1.66. The van der Waals surface area contributed by atoms with Crippen molar-refractivity contribution in [2.45, 2.75) is 6.92 Å². The van der Waals surface area contributed by atoms with Gasteiger partial charge in [-0.3, -0.25) is 0 Å². The monoisotopic (exact) mass is 366 g/mol. The first-order chi connectivity index (χ1) is 12.6. The molecule has 0 saturated carbocycles. The Kier molecular flexibility index (Phi) is 5.59. The summed E-state index contributed by atoms with van der Waals surface area (Å²) >= 11 is 5.60. The largest absolute Gasteiger partial charge is 0.495 e. The molecule has 0 unspecified atom stereocenters. The summed E-state index contributed by atoms with van der Waals surface area (Å²) < 4.78 is 5.41. The highest BCUT2D eigenvalue weighted by Gasteiger charge is 2.21. The summed E-state index contributed by atoms with van der Waals surface area (Å²) in [6.07, 6.45) is 0. The first-order valence-electron chi connectivity index (χ1n) is 8.57. The average Bonchev–Trinajstić information content (AvgIpc) is 2.68. The SMILES string of the molecule is COc1ccc(C)cc1NC(=S)N1CCN(c2ccccc2C#N)CC1. The number of aryl methyl sites for hydroxylation is 1. The summed E-state index contributed by atoms with van der Waals surface area (Å²) in [5.74, 6) is 0.777. The van der Waals surface area contributed by atoms with Crippen LogP contribution in [-0.2, 0) is 0 Å². The number of para-hydroxylation sites is 1. The Morgan fingerprint density at radius 3 is 2.58 bits per heavy atom. The molecular formula is C20H22N4OS. The van der Waals surface area contributed by atoms with Gasteiger partial charge < -0.3 is 19.9 Å². The van der Waals surface area contributed by atoms with Crippen LogP contribution in [-0.4, -0.2) is 43.3 Å². The number of anilines is 2. The van der Waals surface area contributed by atoms with Crippen LogP contribution in [0.15, 0.2) is 42.5 Å². The van der Waals surface area contributed by atoms with Crippen LogP contribution < -0.4 is 15.0 Å². The molecule has 0 aromatic heterocycles. The Balaban J connectivity index is 1.64. The molecule has 2 aromatic carbocycles. The number of nitrogens with zero attached hydrogens (tertiary/aromatic N) is 3. The summed E-state index contributed by atoms with van der Waals surface area (Å²) in [5, 5.41) is 13.3. The average molecular weight is 366 g/mol. The van der Waals surface area contributed by atoms with Gasteiger partial charge in [-0.05, 0) is 49.0 Å². The quantitative estimate of drug-likeness (QED) is 0.841. The lowest BCUT2D eigenvalue weighted by Gasteiger charge is -2.37. The second-order valence-electron chi connectivity index (χ2n) is 6.24. The third-order valence-electron chi connectivity index (χ3n) is 4.53. The first-order valence-corrected chi connectivity index (χ1v) is 8.98. The van der Waals surface area contributed by atoms with Crippen molar-refractivity contribution in [1.82, 2.24) is 4.90 Å². The van der Waals surface area contributed by atoms with Gasteiger partial charge in [0.25, 0.3) is 0 Å². The van der Waals surface area contributed by atoms with E-state index in [9.17, 15) is 5.26 Å². The van der Waals surface area contributed by atoms with Crippen LogP contribution in [0.1, 0.15) is 11.1 Å². The van der Waals surface area contributed by atoms with E-state index in [1.807, 2.05) is 49.4 Å². The van der Waals surface area contributed by atoms with Crippen LogP contribution in [0, 0.1) is 18.3 Å². The molecule has 5 nitrogen and oxygen atoms in total. The van der Waals surface area contributed by atoms with E-state index in [4.69, 9.17) is 17.0 Å². The molecule has 0 spiro atoms. The number of ether oxygens (including phenoxy) is 1. The molecule has 0 aliphatic carbocycles. The van der Waals surface area contributed by atoms with Gasteiger partial charge in [0.05, 0.1) is 24.0 Å². The van der Waals surface area contributed by atoms with Crippen LogP contribution in [0.2, 0.25) is 0 Å². The molecule has 1 aliphatic heterocycles. The van der Waals surface area contributed by atoms with Crippen molar-refractivity contribution in [2.24, 2.45) is 0 Å². The number of nitriles is 1. The van der Waals surface area contributed by atoms with Crippen LogP contribution in [0.3, 0.4) is 0 Å². The molecule has 1 heterocycles. The highest BCUT2D eigenvalue weighted by molar-refractivity contribution is 7.80. The lowest BCUT2D eigenvalue weighted by molar-refractivity contribution is 0.390. The molecule has 1 saturated heterocycles. The molecular weight excluding hydrogens is 344 g/mol. The summed E-state index contributed by atoms with van der Waals surface area (Å²) in [6, 6.07) is 16.0. The molecule has 0 radical (unpaired) electrons. The summed E-state index contributed by atoms with van der Waals surface area (Å²) in [6.45, 7) is 5.30. The van der Waals surface area contributed by atoms with Crippen LogP contribution in [0.5, 0.6) is 5.75 Å². The van der Waals surface area contributed by atoms with Gasteiger partial charge in [-0.2, -0.15) is 5.26 Å². The van der Waals surface area contributed by atoms with Crippen molar-refractivity contribution in [1.29, 1.82) is 5.26 Å². The van der Waals surface area contributed by atoms with Crippen molar-refractivity contribution in [3.8, 4) is 11.8 Å². The number of methoxy groups -OCH3 is 1. The van der Waals surface area contributed by atoms with Crippen LogP contribution in [0.4, 0.5) is 11.4 Å². The standard InChI is InChI=1S/C20H22N4OS/c1-15-7-8-19(25-2)17(13-15)22-20(26)24-11-9-23(10-12-24)18-6-4-3-5-16(18)14-21/h3-8,13H,9-12H2,1-2H3,(H,22,26). The fourth-order valence-corrected chi connectivity index (χ4v) is 3.40. The highest BCUT2D eigenvalue weighted by Crippen LogP contribution is 2.26. The fourth-order valence-electron chi connectivity index (χ4n) is 3.11. The number of hydrogen-bond acceptors (Lipinski definition) is 4. The van der Waals surface area contributed by atoms with Crippen molar-refractivity contribution in [2.75, 3.05) is 43.5 Å². The molecule has 3 rings (SSSR count). The van der Waals surface area contributed by atoms with Crippen molar-refractivity contribution >= 4 is 28.7 Å². The molecule has 134 valence electrons. The molecule has 2 aromatic rings. The number of piperazine rings is 1. The molecule has 26 heavy (non-hydrogen) atoms. The van der Waals surface area contributed by atoms with Crippen molar-refractivity contribution in [3.63, 3.8) is 0 Å². The van der Waals surface area contributed by atoms with E-state index in [2.05, 4.69) is 21.2 Å². The Hall–Kier alpha value is -2.78. The predicted octanol–water partition coefficient (Wildman–Crippen LogP) is 3.39. The van der Waals surface area contributed by atoms with Crippen molar-refractivity contribution in [3.05, 3.63) is 53.6 Å². The minimum absolute atomic E-state index is 0.696. The third kappa shape index (κ3) is 3.89. The molecule has 0 atom stereocenters. The molecule has 0 amide bonds. The molecule has 1 N–H and O–H groups in total. The van der Waals surface area contributed by atoms with E-state index < -0.39 is 0 Å². The Morgan fingerprint density at radius 2 is 1.88 bits per heavy atom. The van der Waals surface area contributed by atoms with Crippen molar-refractivity contribution < 1.29 is 4.74 Å². The fraction of sp³-hybridized carbons (Fsp3) is 0.300. The highest BCUT2D eigenvalue weighted by atomic mass is 32.1. The van der Waals surface area contributed by atoms with Gasteiger partial charge in [0.15, 0.2) is 5.11 Å². The topological polar surface area (TPSA) is 51.5 Å². The maximum Gasteiger partial charge on any atom is 0.173 e. The zero-order valence-electron chi connectivity index (χ0n) is 15.0. The Labute approximate surface area is 159 Å². The van der Waals surface area contributed by atoms with E-state index in [-0.39, 0.29) is 0 Å². The molecule has 1 fully saturated rings. The van der Waals surface area contributed by atoms with E-state index in [0.29, 0.717) is 10.7 Å². The maximum absolute atomic E-state index is 9.30. The smallest absolute Gasteiger partial charge is 0.173 e. The zero-order valence-corrected chi connectivity index (χ0v) is 15.8. The van der Waals surface area contributed by atoms with Gasteiger partial charge in [0.1, 0.15) is 11.8 Å². The third-order valence-corrected chi connectivity index (χ3v) is 4.89. The van der Waals surface area contributed by atoms with Gasteiger partial charge in [0, 0.05) is 26.2 Å². The van der Waals surface area contributed by atoms with Gasteiger partial charge in [0.2, 0.25) is 0 Å². The van der Waals surface area contributed by atoms with Gasteiger partial charge in [-0.15, -0.1) is 0 Å². The van der Waals surface area contributed by atoms with Gasteiger partial charge in [-0.25, -0.2) is 0 Å². The van der Waals surface area contributed by atoms with E-state index in [1.54, 1.807) is 7.11 Å². The number of benzene rings is 2. The number of nitrogens with one attached hydrogen (secondary N) is 1. The van der Waals surface area contributed by atoms with Crippen LogP contribution >= 0.6 is 12.2 Å². The maximum atomic E-state index is 9.30. The molecule has 0 bridgehead atoms. The summed E-state index contributed by atoms with van der Waals surface area (Å²) in [5.41, 5.74) is 3.74. The number of hydrogen-bond donors (Lipinski definition) is 1. The van der Waals surface area contributed by atoms with Crippen LogP contribution in [0.25, 0.3) is 0 Å². The van der Waals surface area contributed by atoms with E-state index >= 15 is 0 Å². The van der Waals surface area contributed by atoms with Gasteiger partial charge in [-0.1, -0.05) is 18.2 Å². The Bertz CT molecular complexity index is 838. The predicted molar refractivity (Wildman–Crippen MR) is 109 cm³/mol. The van der Waals surface area contributed by atoms with E-state index in [1.165, 1.54) is 0 Å². The molecule has 6 heteroatoms. The zero-order chi connectivity index (χ0) is 18.5. The minimum Gasteiger partial charge on any atom is -0.495 e.